The van der Waals surface area contributed by atoms with Crippen LogP contribution in [0.2, 0.25) is 0 Å². The highest BCUT2D eigenvalue weighted by Crippen LogP contribution is 2.36. The van der Waals surface area contributed by atoms with Crippen LogP contribution in [0.15, 0.2) is 53.7 Å². The molecule has 6 rings (SSSR count). The lowest BCUT2D eigenvalue weighted by molar-refractivity contribution is 0.0711. The van der Waals surface area contributed by atoms with Crippen molar-refractivity contribution in [2.24, 2.45) is 0 Å². The van der Waals surface area contributed by atoms with E-state index in [-0.39, 0.29) is 11.8 Å². The van der Waals surface area contributed by atoms with E-state index in [1.165, 1.54) is 10.5 Å². The van der Waals surface area contributed by atoms with Gasteiger partial charge in [0.1, 0.15) is 22.9 Å². The minimum absolute atomic E-state index is 0.105. The summed E-state index contributed by atoms with van der Waals surface area (Å²) in [5, 5.41) is 0. The zero-order chi connectivity index (χ0) is 24.6. The first-order chi connectivity index (χ1) is 17.6. The number of carbonyl (C=O) groups excluding carboxylic acids is 1. The lowest BCUT2D eigenvalue weighted by Gasteiger charge is -2.31. The average Bonchev–Trinajstić information content (AvgIpc) is 3.52. The molecule has 0 bridgehead atoms. The summed E-state index contributed by atoms with van der Waals surface area (Å²) in [6, 6.07) is 10.2. The van der Waals surface area contributed by atoms with Crippen molar-refractivity contribution in [3.63, 3.8) is 0 Å². The van der Waals surface area contributed by atoms with Gasteiger partial charge in [-0.15, -0.1) is 11.8 Å². The second-order valence-electron chi connectivity index (χ2n) is 9.44. The molecule has 3 N–H and O–H groups in total. The molecule has 1 amide bonds. The van der Waals surface area contributed by atoms with Crippen LogP contribution in [-0.4, -0.2) is 49.0 Å². The molecule has 2 aliphatic rings. The number of aromatic amines is 1. The molecule has 4 heterocycles. The van der Waals surface area contributed by atoms with E-state index in [9.17, 15) is 4.79 Å². The quantitative estimate of drug-likeness (QED) is 0.360. The number of aryl methyl sites for hydroxylation is 1. The second-order valence-corrected chi connectivity index (χ2v) is 10.8. The van der Waals surface area contributed by atoms with Gasteiger partial charge in [-0.1, -0.05) is 13.0 Å². The van der Waals surface area contributed by atoms with Crippen molar-refractivity contribution in [3.05, 3.63) is 71.4 Å². The van der Waals surface area contributed by atoms with E-state index in [0.717, 1.165) is 65.4 Å². The van der Waals surface area contributed by atoms with E-state index in [0.29, 0.717) is 18.9 Å². The van der Waals surface area contributed by atoms with Crippen molar-refractivity contribution in [1.82, 2.24) is 24.3 Å². The van der Waals surface area contributed by atoms with Gasteiger partial charge in [0, 0.05) is 47.6 Å². The Morgan fingerprint density at radius 1 is 1.22 bits per heavy atom. The van der Waals surface area contributed by atoms with Crippen LogP contribution in [0.1, 0.15) is 59.5 Å². The Morgan fingerprint density at radius 2 is 2.03 bits per heavy atom. The zero-order valence-electron chi connectivity index (χ0n) is 20.4. The van der Waals surface area contributed by atoms with E-state index >= 15 is 0 Å². The summed E-state index contributed by atoms with van der Waals surface area (Å²) in [4.78, 5) is 29.3. The number of allylic oxidation sites excluding steroid dienone is 1. The highest BCUT2D eigenvalue weighted by atomic mass is 32.2. The van der Waals surface area contributed by atoms with Crippen LogP contribution < -0.4 is 5.73 Å². The molecule has 184 valence electrons. The zero-order valence-corrected chi connectivity index (χ0v) is 21.2. The summed E-state index contributed by atoms with van der Waals surface area (Å²) in [5.74, 6) is 2.84. The van der Waals surface area contributed by atoms with Gasteiger partial charge >= 0.3 is 0 Å². The van der Waals surface area contributed by atoms with Crippen LogP contribution in [0.3, 0.4) is 0 Å². The number of rotatable bonds is 5. The number of hydrogen-bond donors (Lipinski definition) is 2. The molecule has 1 aliphatic heterocycles. The summed E-state index contributed by atoms with van der Waals surface area (Å²) >= 11 is 1.79. The van der Waals surface area contributed by atoms with Gasteiger partial charge in [0.2, 0.25) is 0 Å². The fourth-order valence-corrected chi connectivity index (χ4v) is 6.05. The van der Waals surface area contributed by atoms with Crippen LogP contribution in [-0.2, 0) is 6.42 Å². The first-order valence-corrected chi connectivity index (χ1v) is 13.6. The molecule has 0 atom stereocenters. The molecule has 0 saturated carbocycles. The second kappa shape index (κ2) is 9.50. The van der Waals surface area contributed by atoms with Gasteiger partial charge in [0.15, 0.2) is 0 Å². The fourth-order valence-electron chi connectivity index (χ4n) is 5.38. The maximum atomic E-state index is 13.1. The third kappa shape index (κ3) is 4.09. The van der Waals surface area contributed by atoms with Gasteiger partial charge in [-0.25, -0.2) is 9.97 Å². The summed E-state index contributed by atoms with van der Waals surface area (Å²) < 4.78 is 2.10. The van der Waals surface area contributed by atoms with Crippen molar-refractivity contribution in [2.45, 2.75) is 43.4 Å². The summed E-state index contributed by atoms with van der Waals surface area (Å²) in [6.07, 6.45) is 11.8. The number of likely N-dealkylation sites (tertiary alicyclic amines) is 1. The standard InChI is InChI=1S/C28H30N6OS/c1-2-36-21-9-7-19(8-10-21)28(35)33-14-11-18(12-15-33)27-32-24(25-26(29)30-13-16-34(25)27)23-17-20-5-3-4-6-22(20)31-23/h4,6-10,13,16-18,31H,2-3,5,11-12,14-15H2,1H3,(H2,29,30). The third-order valence-corrected chi connectivity index (χ3v) is 8.12. The number of anilines is 1. The smallest absolute Gasteiger partial charge is 0.253 e. The molecular weight excluding hydrogens is 468 g/mol. The van der Waals surface area contributed by atoms with E-state index in [1.54, 1.807) is 18.0 Å². The maximum Gasteiger partial charge on any atom is 0.253 e. The predicted octanol–water partition coefficient (Wildman–Crippen LogP) is 5.40. The number of benzene rings is 1. The van der Waals surface area contributed by atoms with Gasteiger partial charge in [-0.05, 0) is 73.4 Å². The van der Waals surface area contributed by atoms with Gasteiger partial charge in [-0.3, -0.25) is 9.20 Å². The third-order valence-electron chi connectivity index (χ3n) is 7.22. The van der Waals surface area contributed by atoms with E-state index in [2.05, 4.69) is 39.5 Å². The molecule has 0 spiro atoms. The number of aromatic nitrogens is 4. The summed E-state index contributed by atoms with van der Waals surface area (Å²) in [6.45, 7) is 3.55. The number of imidazole rings is 1. The number of piperidine rings is 1. The van der Waals surface area contributed by atoms with E-state index in [1.807, 2.05) is 35.4 Å². The topological polar surface area (TPSA) is 92.3 Å². The Morgan fingerprint density at radius 3 is 2.78 bits per heavy atom. The van der Waals surface area contributed by atoms with Crippen LogP contribution in [0.25, 0.3) is 23.0 Å². The van der Waals surface area contributed by atoms with Crippen LogP contribution >= 0.6 is 11.8 Å². The molecule has 1 fully saturated rings. The summed E-state index contributed by atoms with van der Waals surface area (Å²) in [5.41, 5.74) is 12.2. The number of carbonyl (C=O) groups is 1. The SMILES string of the molecule is CCSc1ccc(C(=O)N2CCC(c3nc(-c4cc5c([nH]4)C=CCC5)c4c(N)nccn34)CC2)cc1. The van der Waals surface area contributed by atoms with Crippen molar-refractivity contribution in [3.8, 4) is 11.4 Å². The van der Waals surface area contributed by atoms with Gasteiger partial charge < -0.3 is 15.6 Å². The molecule has 0 radical (unpaired) electrons. The van der Waals surface area contributed by atoms with Gasteiger partial charge in [-0.2, -0.15) is 0 Å². The lowest BCUT2D eigenvalue weighted by Crippen LogP contribution is -2.38. The molecule has 1 aliphatic carbocycles. The Bertz CT molecular complexity index is 1440. The molecule has 8 heteroatoms. The normalized spacial score (nSPS) is 16.0. The van der Waals surface area contributed by atoms with Gasteiger partial charge in [0.05, 0.1) is 5.69 Å². The van der Waals surface area contributed by atoms with E-state index < -0.39 is 0 Å². The van der Waals surface area contributed by atoms with Crippen molar-refractivity contribution in [1.29, 1.82) is 0 Å². The number of nitrogens with zero attached hydrogens (tertiary/aromatic N) is 4. The molecule has 3 aromatic heterocycles. The predicted molar refractivity (Wildman–Crippen MR) is 145 cm³/mol. The highest BCUT2D eigenvalue weighted by Gasteiger charge is 2.29. The fraction of sp³-hybridized carbons (Fsp3) is 0.321. The monoisotopic (exact) mass is 498 g/mol. The van der Waals surface area contributed by atoms with Crippen LogP contribution in [0, 0.1) is 0 Å². The molecule has 1 saturated heterocycles. The number of nitrogens with two attached hydrogens (primary N) is 1. The van der Waals surface area contributed by atoms with Crippen molar-refractivity contribution < 1.29 is 4.79 Å². The number of nitrogens with one attached hydrogen (secondary N) is 1. The number of fused-ring (bicyclic) bond motifs is 2. The molecule has 4 aromatic rings. The maximum absolute atomic E-state index is 13.1. The molecule has 7 nitrogen and oxygen atoms in total. The first-order valence-electron chi connectivity index (χ1n) is 12.7. The minimum atomic E-state index is 0.105. The number of H-pyrrole nitrogens is 1. The molecule has 1 aromatic carbocycles. The van der Waals surface area contributed by atoms with Crippen LogP contribution in [0.5, 0.6) is 0 Å². The highest BCUT2D eigenvalue weighted by molar-refractivity contribution is 7.99. The first kappa shape index (κ1) is 22.9. The number of nitrogen functional groups attached to an aromatic ring is 1. The molecular formula is C28H30N6OS. The van der Waals surface area contributed by atoms with Crippen molar-refractivity contribution >= 4 is 35.1 Å². The van der Waals surface area contributed by atoms with Crippen molar-refractivity contribution in [2.75, 3.05) is 24.6 Å². The Hall–Kier alpha value is -3.52. The number of thioether (sulfide) groups is 1. The summed E-state index contributed by atoms with van der Waals surface area (Å²) in [7, 11) is 0. The number of hydrogen-bond acceptors (Lipinski definition) is 5. The van der Waals surface area contributed by atoms with E-state index in [4.69, 9.17) is 10.7 Å². The Kier molecular flexibility index (Phi) is 6.05. The largest absolute Gasteiger partial charge is 0.382 e. The Labute approximate surface area is 214 Å². The van der Waals surface area contributed by atoms with Crippen LogP contribution in [0.4, 0.5) is 5.82 Å². The molecule has 36 heavy (non-hydrogen) atoms. The number of amides is 1. The molecule has 0 unspecified atom stereocenters. The minimum Gasteiger partial charge on any atom is -0.382 e. The Balaban J connectivity index is 1.25. The lowest BCUT2D eigenvalue weighted by atomic mass is 9.95. The van der Waals surface area contributed by atoms with Gasteiger partial charge in [0.25, 0.3) is 5.91 Å². The average molecular weight is 499 g/mol.